The van der Waals surface area contributed by atoms with Crippen LogP contribution in [0.4, 0.5) is 10.2 Å². The zero-order chi connectivity index (χ0) is 27.2. The van der Waals surface area contributed by atoms with Crippen molar-refractivity contribution >= 4 is 49.6 Å². The lowest BCUT2D eigenvalue weighted by Gasteiger charge is -2.35. The number of hydrogen-bond acceptors (Lipinski definition) is 9. The summed E-state index contributed by atoms with van der Waals surface area (Å²) in [5, 5.41) is 5.20. The van der Waals surface area contributed by atoms with Crippen LogP contribution in [0.15, 0.2) is 30.3 Å². The molecule has 4 aromatic rings. The fourth-order valence-corrected chi connectivity index (χ4v) is 5.77. The lowest BCUT2D eigenvalue weighted by molar-refractivity contribution is -0.135. The zero-order valence-electron chi connectivity index (χ0n) is 20.4. The Kier molecular flexibility index (Phi) is 6.88. The minimum absolute atomic E-state index is 0.0121. The average Bonchev–Trinajstić information content (AvgIpc) is 3.37. The van der Waals surface area contributed by atoms with Crippen LogP contribution < -0.4 is 14.2 Å². The third-order valence-electron chi connectivity index (χ3n) is 5.85. The van der Waals surface area contributed by atoms with Gasteiger partial charge in [0, 0.05) is 24.6 Å². The molecular weight excluding hydrogens is 559 g/mol. The number of methoxy groups -OCH3 is 1. The number of halogens is 2. The third-order valence-corrected chi connectivity index (χ3v) is 7.53. The van der Waals surface area contributed by atoms with E-state index in [4.69, 9.17) is 21.1 Å². The maximum absolute atomic E-state index is 15.4. The van der Waals surface area contributed by atoms with Gasteiger partial charge in [-0.15, -0.1) is 0 Å². The summed E-state index contributed by atoms with van der Waals surface area (Å²) < 4.78 is 52.9. The number of pyridine rings is 1. The van der Waals surface area contributed by atoms with Crippen LogP contribution in [-0.4, -0.2) is 65.3 Å². The Hall–Kier alpha value is -3.49. The van der Waals surface area contributed by atoms with Gasteiger partial charge in [-0.25, -0.2) is 27.3 Å². The van der Waals surface area contributed by atoms with Gasteiger partial charge in [0.1, 0.15) is 28.4 Å². The van der Waals surface area contributed by atoms with Crippen molar-refractivity contribution in [2.24, 2.45) is 0 Å². The topological polar surface area (TPSA) is 128 Å². The van der Waals surface area contributed by atoms with Crippen LogP contribution in [-0.2, 0) is 21.2 Å². The number of benzene rings is 1. The molecule has 15 heteroatoms. The van der Waals surface area contributed by atoms with E-state index in [-0.39, 0.29) is 28.8 Å². The van der Waals surface area contributed by atoms with Gasteiger partial charge in [0.05, 0.1) is 24.8 Å². The Balaban J connectivity index is 1.46. The highest BCUT2D eigenvalue weighted by molar-refractivity contribution is 7.92. The molecule has 0 fully saturated rings. The number of aryl methyl sites for hydroxylation is 1. The van der Waals surface area contributed by atoms with Gasteiger partial charge in [0.2, 0.25) is 15.0 Å². The molecule has 0 radical (unpaired) electrons. The first-order valence-electron chi connectivity index (χ1n) is 11.3. The van der Waals surface area contributed by atoms with E-state index in [1.807, 2.05) is 6.92 Å². The number of amides is 1. The number of sulfonamides is 1. The molecular formula is C23H22ClFN6O5S2. The molecule has 1 unspecified atom stereocenters. The Morgan fingerprint density at radius 3 is 2.76 bits per heavy atom. The molecule has 3 aromatic heterocycles. The number of ether oxygens (including phenoxy) is 2. The number of nitrogens with zero attached hydrogens (tertiary/aromatic N) is 5. The van der Waals surface area contributed by atoms with E-state index in [2.05, 4.69) is 19.8 Å². The second kappa shape index (κ2) is 10.0. The Bertz CT molecular complexity index is 1660. The van der Waals surface area contributed by atoms with Crippen molar-refractivity contribution < 1.29 is 27.1 Å². The minimum Gasteiger partial charge on any atom is -0.497 e. The summed E-state index contributed by atoms with van der Waals surface area (Å²) in [4.78, 5) is 24.3. The highest BCUT2D eigenvalue weighted by Gasteiger charge is 2.38. The Morgan fingerprint density at radius 1 is 1.29 bits per heavy atom. The van der Waals surface area contributed by atoms with Gasteiger partial charge < -0.3 is 14.4 Å². The molecule has 0 spiro atoms. The molecule has 0 bridgehead atoms. The molecule has 38 heavy (non-hydrogen) atoms. The summed E-state index contributed by atoms with van der Waals surface area (Å²) >= 11 is 7.56. The summed E-state index contributed by atoms with van der Waals surface area (Å²) in [6, 6.07) is 6.44. The Morgan fingerprint density at radius 2 is 2.08 bits per heavy atom. The van der Waals surface area contributed by atoms with Crippen molar-refractivity contribution in [2.75, 3.05) is 31.2 Å². The van der Waals surface area contributed by atoms with Crippen LogP contribution in [0.1, 0.15) is 28.0 Å². The SMILES string of the molecule is COc1ccc(C2c3c(nc4sc(C)nn34)CCN2C(=O)COc2ccc(NS(C)(=O)=O)nc2Cl)c(F)c1. The molecule has 5 rings (SSSR count). The monoisotopic (exact) mass is 580 g/mol. The Labute approximate surface area is 226 Å². The summed E-state index contributed by atoms with van der Waals surface area (Å²) in [7, 11) is -2.10. The smallest absolute Gasteiger partial charge is 0.261 e. The maximum Gasteiger partial charge on any atom is 0.261 e. The highest BCUT2D eigenvalue weighted by atomic mass is 35.5. The van der Waals surface area contributed by atoms with Gasteiger partial charge in [0.15, 0.2) is 17.5 Å². The number of rotatable bonds is 7. The van der Waals surface area contributed by atoms with Crippen LogP contribution in [0.25, 0.3) is 4.96 Å². The molecule has 11 nitrogen and oxygen atoms in total. The molecule has 1 amide bonds. The van der Waals surface area contributed by atoms with Gasteiger partial charge in [-0.3, -0.25) is 9.52 Å². The predicted molar refractivity (Wildman–Crippen MR) is 139 cm³/mol. The van der Waals surface area contributed by atoms with Crippen molar-refractivity contribution in [1.82, 2.24) is 24.5 Å². The molecule has 1 aliphatic heterocycles. The van der Waals surface area contributed by atoms with Crippen molar-refractivity contribution in [3.8, 4) is 11.5 Å². The molecule has 0 aliphatic carbocycles. The van der Waals surface area contributed by atoms with Crippen LogP contribution in [0.3, 0.4) is 0 Å². The predicted octanol–water partition coefficient (Wildman–Crippen LogP) is 3.22. The van der Waals surface area contributed by atoms with Crippen molar-refractivity contribution in [3.05, 3.63) is 63.3 Å². The first-order chi connectivity index (χ1) is 18.0. The van der Waals surface area contributed by atoms with E-state index in [1.54, 1.807) is 16.6 Å². The van der Waals surface area contributed by atoms with E-state index in [1.165, 1.54) is 41.5 Å². The first-order valence-corrected chi connectivity index (χ1v) is 14.4. The van der Waals surface area contributed by atoms with E-state index >= 15 is 4.39 Å². The second-order valence-corrected chi connectivity index (χ2v) is 11.8. The summed E-state index contributed by atoms with van der Waals surface area (Å²) in [6.45, 7) is 1.71. The summed E-state index contributed by atoms with van der Waals surface area (Å²) in [5.74, 6) is -0.512. The largest absolute Gasteiger partial charge is 0.497 e. The number of anilines is 1. The lowest BCUT2D eigenvalue weighted by Crippen LogP contribution is -2.43. The van der Waals surface area contributed by atoms with E-state index in [9.17, 15) is 13.2 Å². The standard InChI is InChI=1S/C23H22ClFN6O5S2/c1-12-28-31-21-16(26-23(31)37-12)8-9-30(20(21)14-5-4-13(35-2)10-15(14)25)19(32)11-36-17-6-7-18(27-22(17)24)29-38(3,33)34/h4-7,10,20H,8-9,11H2,1-3H3,(H,27,29). The van der Waals surface area contributed by atoms with Gasteiger partial charge >= 0.3 is 0 Å². The molecule has 1 aliphatic rings. The van der Waals surface area contributed by atoms with Crippen LogP contribution in [0, 0.1) is 12.7 Å². The van der Waals surface area contributed by atoms with Crippen molar-refractivity contribution in [1.29, 1.82) is 0 Å². The van der Waals surface area contributed by atoms with Crippen LogP contribution >= 0.6 is 22.9 Å². The van der Waals surface area contributed by atoms with E-state index < -0.39 is 34.4 Å². The van der Waals surface area contributed by atoms with Crippen LogP contribution in [0.2, 0.25) is 5.15 Å². The van der Waals surface area contributed by atoms with Gasteiger partial charge in [0.25, 0.3) is 5.91 Å². The summed E-state index contributed by atoms with van der Waals surface area (Å²) in [6.07, 6.45) is 1.44. The molecule has 0 saturated carbocycles. The number of carbonyl (C=O) groups is 1. The zero-order valence-corrected chi connectivity index (χ0v) is 22.8. The van der Waals surface area contributed by atoms with Crippen molar-refractivity contribution in [2.45, 2.75) is 19.4 Å². The molecule has 4 heterocycles. The fourth-order valence-electron chi connectivity index (χ4n) is 4.30. The van der Waals surface area contributed by atoms with Crippen LogP contribution in [0.5, 0.6) is 11.5 Å². The number of hydrogen-bond donors (Lipinski definition) is 1. The van der Waals surface area contributed by atoms with E-state index in [0.717, 1.165) is 17.0 Å². The van der Waals surface area contributed by atoms with Gasteiger partial charge in [-0.2, -0.15) is 5.10 Å². The second-order valence-electron chi connectivity index (χ2n) is 8.53. The minimum atomic E-state index is -3.54. The number of aromatic nitrogens is 4. The van der Waals surface area contributed by atoms with Gasteiger partial charge in [-0.1, -0.05) is 22.9 Å². The molecule has 0 saturated heterocycles. The molecule has 1 N–H and O–H groups in total. The number of fused-ring (bicyclic) bond motifs is 3. The fraction of sp³-hybridized carbons (Fsp3) is 0.304. The number of carbonyl (C=O) groups excluding carboxylic acids is 1. The summed E-state index contributed by atoms with van der Waals surface area (Å²) in [5.41, 5.74) is 1.63. The average molecular weight is 581 g/mol. The lowest BCUT2D eigenvalue weighted by atomic mass is 9.95. The molecule has 200 valence electrons. The van der Waals surface area contributed by atoms with Crippen molar-refractivity contribution in [3.63, 3.8) is 0 Å². The maximum atomic E-state index is 15.4. The normalized spacial score (nSPS) is 15.4. The van der Waals surface area contributed by atoms with Gasteiger partial charge in [-0.05, 0) is 31.2 Å². The van der Waals surface area contributed by atoms with E-state index in [0.29, 0.717) is 22.8 Å². The molecule has 1 aromatic carbocycles. The third kappa shape index (κ3) is 5.11. The number of nitrogens with one attached hydrogen (secondary N) is 1. The first kappa shape index (κ1) is 26.1. The molecule has 1 atom stereocenters. The highest BCUT2D eigenvalue weighted by Crippen LogP contribution is 2.38. The number of imidazole rings is 1. The quantitative estimate of drug-likeness (QED) is 0.330.